The molecular formula is C15H20N4. The maximum atomic E-state index is 8.90. The first kappa shape index (κ1) is 12.6. The van der Waals surface area contributed by atoms with E-state index in [1.807, 2.05) is 12.1 Å². The predicted octanol–water partition coefficient (Wildman–Crippen LogP) is 1.62. The van der Waals surface area contributed by atoms with Crippen molar-refractivity contribution in [1.29, 1.82) is 5.26 Å². The number of nitriles is 1. The van der Waals surface area contributed by atoms with Gasteiger partial charge in [0.1, 0.15) is 11.8 Å². The third-order valence-corrected chi connectivity index (χ3v) is 4.23. The zero-order chi connectivity index (χ0) is 13.1. The van der Waals surface area contributed by atoms with Crippen LogP contribution in [0.25, 0.3) is 0 Å². The molecule has 0 aliphatic carbocycles. The number of aromatic nitrogens is 1. The van der Waals surface area contributed by atoms with E-state index in [1.165, 1.54) is 44.5 Å². The monoisotopic (exact) mass is 256 g/mol. The topological polar surface area (TPSA) is 43.2 Å². The Hall–Kier alpha value is -1.44. The van der Waals surface area contributed by atoms with Gasteiger partial charge in [0.15, 0.2) is 0 Å². The molecule has 0 amide bonds. The van der Waals surface area contributed by atoms with Crippen molar-refractivity contribution in [1.82, 2.24) is 14.8 Å². The minimum Gasteiger partial charge on any atom is -0.299 e. The highest BCUT2D eigenvalue weighted by Gasteiger charge is 2.28. The van der Waals surface area contributed by atoms with Crippen LogP contribution in [-0.2, 0) is 6.54 Å². The largest absolute Gasteiger partial charge is 0.299 e. The molecule has 19 heavy (non-hydrogen) atoms. The van der Waals surface area contributed by atoms with Crippen LogP contribution in [0.3, 0.4) is 0 Å². The number of rotatable bonds is 2. The van der Waals surface area contributed by atoms with E-state index in [4.69, 9.17) is 5.26 Å². The molecule has 0 saturated carbocycles. The summed E-state index contributed by atoms with van der Waals surface area (Å²) in [6, 6.07) is 6.81. The number of fused-ring (bicyclic) bond motifs is 1. The van der Waals surface area contributed by atoms with E-state index in [9.17, 15) is 0 Å². The average Bonchev–Trinajstić information content (AvgIpc) is 2.78. The second-order valence-electron chi connectivity index (χ2n) is 5.58. The van der Waals surface area contributed by atoms with Gasteiger partial charge in [-0.15, -0.1) is 0 Å². The molecule has 0 aromatic carbocycles. The van der Waals surface area contributed by atoms with E-state index >= 15 is 0 Å². The Bertz CT molecular complexity index is 479. The van der Waals surface area contributed by atoms with E-state index in [0.29, 0.717) is 5.69 Å². The Balaban J connectivity index is 1.67. The molecule has 0 radical (unpaired) electrons. The third kappa shape index (κ3) is 2.94. The fraction of sp³-hybridized carbons (Fsp3) is 0.600. The van der Waals surface area contributed by atoms with Crippen molar-refractivity contribution in [2.45, 2.75) is 31.8 Å². The molecule has 2 aliphatic heterocycles. The summed E-state index contributed by atoms with van der Waals surface area (Å²) in [5, 5.41) is 8.90. The summed E-state index contributed by atoms with van der Waals surface area (Å²) >= 11 is 0. The Morgan fingerprint density at radius 1 is 1.32 bits per heavy atom. The van der Waals surface area contributed by atoms with Crippen molar-refractivity contribution >= 4 is 0 Å². The molecule has 4 heteroatoms. The maximum Gasteiger partial charge on any atom is 0.140 e. The minimum absolute atomic E-state index is 0.523. The summed E-state index contributed by atoms with van der Waals surface area (Å²) < 4.78 is 0. The summed E-state index contributed by atoms with van der Waals surface area (Å²) in [7, 11) is 0. The first-order chi connectivity index (χ1) is 9.35. The Kier molecular flexibility index (Phi) is 3.77. The first-order valence-electron chi connectivity index (χ1n) is 7.16. The molecule has 2 fully saturated rings. The van der Waals surface area contributed by atoms with Gasteiger partial charge in [0, 0.05) is 25.3 Å². The maximum absolute atomic E-state index is 8.90. The molecule has 0 spiro atoms. The predicted molar refractivity (Wildman–Crippen MR) is 73.4 cm³/mol. The molecule has 4 nitrogen and oxygen atoms in total. The Morgan fingerprint density at radius 3 is 3.11 bits per heavy atom. The molecule has 100 valence electrons. The van der Waals surface area contributed by atoms with Gasteiger partial charge in [-0.05, 0) is 56.6 Å². The minimum atomic E-state index is 0.523. The molecule has 1 aromatic heterocycles. The van der Waals surface area contributed by atoms with Crippen LogP contribution in [0.5, 0.6) is 0 Å². The van der Waals surface area contributed by atoms with Crippen LogP contribution in [0, 0.1) is 11.3 Å². The molecule has 1 unspecified atom stereocenters. The van der Waals surface area contributed by atoms with Crippen molar-refractivity contribution in [2.24, 2.45) is 0 Å². The van der Waals surface area contributed by atoms with Crippen molar-refractivity contribution in [3.05, 3.63) is 29.6 Å². The van der Waals surface area contributed by atoms with Gasteiger partial charge in [-0.2, -0.15) is 5.26 Å². The number of pyridine rings is 1. The van der Waals surface area contributed by atoms with E-state index in [2.05, 4.69) is 20.9 Å². The van der Waals surface area contributed by atoms with Crippen LogP contribution >= 0.6 is 0 Å². The van der Waals surface area contributed by atoms with Crippen molar-refractivity contribution in [3.8, 4) is 6.07 Å². The van der Waals surface area contributed by atoms with Crippen LogP contribution in [0.15, 0.2) is 18.3 Å². The van der Waals surface area contributed by atoms with Gasteiger partial charge in [0.25, 0.3) is 0 Å². The zero-order valence-electron chi connectivity index (χ0n) is 11.3. The average molecular weight is 256 g/mol. The molecule has 2 saturated heterocycles. The van der Waals surface area contributed by atoms with Gasteiger partial charge in [-0.25, -0.2) is 4.98 Å². The fourth-order valence-corrected chi connectivity index (χ4v) is 3.32. The highest BCUT2D eigenvalue weighted by Crippen LogP contribution is 2.22. The van der Waals surface area contributed by atoms with Crippen molar-refractivity contribution in [2.75, 3.05) is 26.2 Å². The molecule has 3 rings (SSSR count). The summed E-state index contributed by atoms with van der Waals surface area (Å²) in [4.78, 5) is 9.22. The normalized spacial score (nSPS) is 24.7. The smallest absolute Gasteiger partial charge is 0.140 e. The van der Waals surface area contributed by atoms with Gasteiger partial charge >= 0.3 is 0 Å². The highest BCUT2D eigenvalue weighted by atomic mass is 15.3. The summed E-state index contributed by atoms with van der Waals surface area (Å²) in [6.45, 7) is 5.82. The van der Waals surface area contributed by atoms with Crippen LogP contribution < -0.4 is 0 Å². The first-order valence-corrected chi connectivity index (χ1v) is 7.16. The van der Waals surface area contributed by atoms with Gasteiger partial charge in [-0.1, -0.05) is 0 Å². The molecule has 3 heterocycles. The number of hydrogen-bond donors (Lipinski definition) is 0. The molecule has 0 N–H and O–H groups in total. The Labute approximate surface area is 114 Å². The van der Waals surface area contributed by atoms with Crippen LogP contribution in [0.1, 0.15) is 30.5 Å². The second kappa shape index (κ2) is 5.68. The van der Waals surface area contributed by atoms with E-state index < -0.39 is 0 Å². The van der Waals surface area contributed by atoms with E-state index in [-0.39, 0.29) is 0 Å². The molecule has 1 atom stereocenters. The Morgan fingerprint density at radius 2 is 2.21 bits per heavy atom. The van der Waals surface area contributed by atoms with Crippen LogP contribution in [0.4, 0.5) is 0 Å². The lowest BCUT2D eigenvalue weighted by molar-refractivity contribution is 0.215. The lowest BCUT2D eigenvalue weighted by Crippen LogP contribution is -2.36. The van der Waals surface area contributed by atoms with Crippen molar-refractivity contribution < 1.29 is 0 Å². The third-order valence-electron chi connectivity index (χ3n) is 4.23. The summed E-state index contributed by atoms with van der Waals surface area (Å²) in [5.41, 5.74) is 1.73. The number of hydrogen-bond acceptors (Lipinski definition) is 4. The molecule has 2 aliphatic rings. The molecular weight excluding hydrogens is 236 g/mol. The molecule has 1 aromatic rings. The quantitative estimate of drug-likeness (QED) is 0.806. The molecule has 0 bridgehead atoms. The van der Waals surface area contributed by atoms with Gasteiger partial charge in [0.2, 0.25) is 0 Å². The van der Waals surface area contributed by atoms with Gasteiger partial charge in [0.05, 0.1) is 0 Å². The van der Waals surface area contributed by atoms with Gasteiger partial charge in [-0.3, -0.25) is 9.80 Å². The SMILES string of the molecule is N#Cc1cc(CN2CCCN3CCCC3C2)ccn1. The van der Waals surface area contributed by atoms with Gasteiger partial charge < -0.3 is 0 Å². The highest BCUT2D eigenvalue weighted by molar-refractivity contribution is 5.25. The number of nitrogens with zero attached hydrogens (tertiary/aromatic N) is 4. The summed E-state index contributed by atoms with van der Waals surface area (Å²) in [5.74, 6) is 0. The summed E-state index contributed by atoms with van der Waals surface area (Å²) in [6.07, 6.45) is 5.70. The fourth-order valence-electron chi connectivity index (χ4n) is 3.32. The lowest BCUT2D eigenvalue weighted by Gasteiger charge is -2.25. The van der Waals surface area contributed by atoms with E-state index in [1.54, 1.807) is 6.20 Å². The second-order valence-corrected chi connectivity index (χ2v) is 5.58. The standard InChI is InChI=1S/C15H20N4/c16-10-14-9-13(4-5-17-14)11-18-6-2-8-19-7-1-3-15(19)12-18/h4-5,9,15H,1-3,6-8,11-12H2. The van der Waals surface area contributed by atoms with Crippen LogP contribution in [0.2, 0.25) is 0 Å². The zero-order valence-corrected chi connectivity index (χ0v) is 11.3. The van der Waals surface area contributed by atoms with E-state index in [0.717, 1.165) is 19.1 Å². The van der Waals surface area contributed by atoms with Crippen LogP contribution in [-0.4, -0.2) is 47.0 Å². The van der Waals surface area contributed by atoms with Crippen molar-refractivity contribution in [3.63, 3.8) is 0 Å². The lowest BCUT2D eigenvalue weighted by atomic mass is 10.2.